The number of carboxylic acids is 1. The molecule has 0 radical (unpaired) electrons. The Morgan fingerprint density at radius 2 is 2.21 bits per heavy atom. The maximum Gasteiger partial charge on any atom is 0.303 e. The molecule has 0 aliphatic carbocycles. The number of hydrogen-bond acceptors (Lipinski definition) is 3. The topological polar surface area (TPSA) is 49.8 Å². The molecular formula is C10H21NO3. The lowest BCUT2D eigenvalue weighted by molar-refractivity contribution is -0.137. The van der Waals surface area contributed by atoms with Crippen LogP contribution in [0.4, 0.5) is 0 Å². The van der Waals surface area contributed by atoms with Crippen LogP contribution in [-0.2, 0) is 9.53 Å². The first kappa shape index (κ1) is 13.4. The Kier molecular flexibility index (Phi) is 7.42. The van der Waals surface area contributed by atoms with Crippen LogP contribution in [0.1, 0.15) is 26.2 Å². The number of nitrogens with zero attached hydrogens (tertiary/aromatic N) is 1. The van der Waals surface area contributed by atoms with Crippen molar-refractivity contribution in [3.63, 3.8) is 0 Å². The number of hydrogen-bond donors (Lipinski definition) is 1. The molecule has 4 nitrogen and oxygen atoms in total. The maximum atomic E-state index is 10.3. The molecule has 1 atom stereocenters. The van der Waals surface area contributed by atoms with Gasteiger partial charge in [0.1, 0.15) is 0 Å². The van der Waals surface area contributed by atoms with Gasteiger partial charge >= 0.3 is 5.97 Å². The minimum absolute atomic E-state index is 0.246. The highest BCUT2D eigenvalue weighted by atomic mass is 16.5. The summed E-state index contributed by atoms with van der Waals surface area (Å²) < 4.78 is 4.95. The third-order valence-corrected chi connectivity index (χ3v) is 2.39. The molecule has 0 saturated carbocycles. The molecule has 0 aliphatic rings. The van der Waals surface area contributed by atoms with E-state index in [9.17, 15) is 4.79 Å². The first-order valence-corrected chi connectivity index (χ1v) is 4.99. The Bertz CT molecular complexity index is 161. The molecule has 0 bridgehead atoms. The van der Waals surface area contributed by atoms with E-state index in [1.165, 1.54) is 0 Å². The highest BCUT2D eigenvalue weighted by molar-refractivity contribution is 5.66. The van der Waals surface area contributed by atoms with E-state index in [0.29, 0.717) is 12.5 Å². The van der Waals surface area contributed by atoms with Gasteiger partial charge in [-0.05, 0) is 26.8 Å². The molecule has 14 heavy (non-hydrogen) atoms. The molecule has 0 aromatic carbocycles. The largest absolute Gasteiger partial charge is 0.481 e. The number of methoxy groups -OCH3 is 1. The first-order valence-electron chi connectivity index (χ1n) is 4.99. The molecule has 1 unspecified atom stereocenters. The fraction of sp³-hybridized carbons (Fsp3) is 0.900. The van der Waals surface area contributed by atoms with Crippen LogP contribution < -0.4 is 0 Å². The van der Waals surface area contributed by atoms with Crippen LogP contribution in [0.15, 0.2) is 0 Å². The van der Waals surface area contributed by atoms with Crippen molar-refractivity contribution in [3.8, 4) is 0 Å². The third kappa shape index (κ3) is 6.86. The molecular weight excluding hydrogens is 182 g/mol. The third-order valence-electron chi connectivity index (χ3n) is 2.39. The highest BCUT2D eigenvalue weighted by Gasteiger charge is 2.10. The van der Waals surface area contributed by atoms with Gasteiger partial charge in [0.15, 0.2) is 0 Å². The van der Waals surface area contributed by atoms with Gasteiger partial charge in [-0.2, -0.15) is 0 Å². The molecule has 4 heteroatoms. The van der Waals surface area contributed by atoms with Gasteiger partial charge in [-0.1, -0.05) is 0 Å². The Morgan fingerprint density at radius 3 is 2.71 bits per heavy atom. The van der Waals surface area contributed by atoms with Crippen LogP contribution in [0.25, 0.3) is 0 Å². The zero-order chi connectivity index (χ0) is 11.0. The normalized spacial score (nSPS) is 13.1. The van der Waals surface area contributed by atoms with Gasteiger partial charge < -0.3 is 14.7 Å². The van der Waals surface area contributed by atoms with Gasteiger partial charge in [0, 0.05) is 32.7 Å². The Hall–Kier alpha value is -0.610. The van der Waals surface area contributed by atoms with Gasteiger partial charge in [0.2, 0.25) is 0 Å². The van der Waals surface area contributed by atoms with E-state index in [1.807, 2.05) is 7.05 Å². The summed E-state index contributed by atoms with van der Waals surface area (Å²) in [6.45, 7) is 3.76. The van der Waals surface area contributed by atoms with Gasteiger partial charge in [0.25, 0.3) is 0 Å². The smallest absolute Gasteiger partial charge is 0.303 e. The summed E-state index contributed by atoms with van der Waals surface area (Å²) in [6, 6.07) is 0.322. The van der Waals surface area contributed by atoms with Crippen molar-refractivity contribution in [2.24, 2.45) is 0 Å². The number of ether oxygens (including phenoxy) is 1. The van der Waals surface area contributed by atoms with E-state index < -0.39 is 5.97 Å². The van der Waals surface area contributed by atoms with Crippen LogP contribution in [-0.4, -0.2) is 49.3 Å². The molecule has 0 aliphatic heterocycles. The van der Waals surface area contributed by atoms with E-state index in [1.54, 1.807) is 7.11 Å². The lowest BCUT2D eigenvalue weighted by atomic mass is 10.1. The minimum Gasteiger partial charge on any atom is -0.481 e. The fourth-order valence-corrected chi connectivity index (χ4v) is 1.23. The summed E-state index contributed by atoms with van der Waals surface area (Å²) in [7, 11) is 3.70. The molecule has 0 aromatic heterocycles. The molecule has 0 amide bonds. The number of carbonyl (C=O) groups is 1. The van der Waals surface area contributed by atoms with Gasteiger partial charge in [-0.25, -0.2) is 0 Å². The maximum absolute atomic E-state index is 10.3. The van der Waals surface area contributed by atoms with E-state index in [2.05, 4.69) is 11.8 Å². The molecule has 0 rings (SSSR count). The monoisotopic (exact) mass is 203 g/mol. The summed E-state index contributed by atoms with van der Waals surface area (Å²) in [6.07, 6.45) is 1.94. The van der Waals surface area contributed by atoms with E-state index in [-0.39, 0.29) is 6.42 Å². The highest BCUT2D eigenvalue weighted by Crippen LogP contribution is 2.04. The van der Waals surface area contributed by atoms with Crippen molar-refractivity contribution in [2.45, 2.75) is 32.2 Å². The zero-order valence-electron chi connectivity index (χ0n) is 9.32. The molecule has 0 fully saturated rings. The quantitative estimate of drug-likeness (QED) is 0.602. The molecule has 0 saturated heterocycles. The number of carboxylic acid groups (broad SMARTS) is 1. The number of aliphatic carboxylic acids is 1. The average Bonchev–Trinajstić information content (AvgIpc) is 2.14. The molecule has 0 heterocycles. The van der Waals surface area contributed by atoms with Gasteiger partial charge in [-0.15, -0.1) is 0 Å². The van der Waals surface area contributed by atoms with Crippen molar-refractivity contribution in [1.82, 2.24) is 4.90 Å². The summed E-state index contributed by atoms with van der Waals surface area (Å²) >= 11 is 0. The number of rotatable bonds is 8. The lowest BCUT2D eigenvalue weighted by Crippen LogP contribution is -2.31. The lowest BCUT2D eigenvalue weighted by Gasteiger charge is -2.23. The van der Waals surface area contributed by atoms with Crippen LogP contribution in [0.2, 0.25) is 0 Å². The van der Waals surface area contributed by atoms with Gasteiger partial charge in [-0.3, -0.25) is 4.79 Å². The van der Waals surface area contributed by atoms with E-state index >= 15 is 0 Å². The first-order chi connectivity index (χ1) is 6.57. The van der Waals surface area contributed by atoms with Crippen LogP contribution in [0.5, 0.6) is 0 Å². The van der Waals surface area contributed by atoms with Crippen LogP contribution in [0.3, 0.4) is 0 Å². The Balaban J connectivity index is 3.53. The summed E-state index contributed by atoms with van der Waals surface area (Å²) in [4.78, 5) is 12.5. The summed E-state index contributed by atoms with van der Waals surface area (Å²) in [5, 5.41) is 8.52. The van der Waals surface area contributed by atoms with Crippen molar-refractivity contribution in [3.05, 3.63) is 0 Å². The standard InChI is InChI=1S/C10H21NO3/c1-9(5-6-10(12)13)11(2)7-4-8-14-3/h9H,4-8H2,1-3H3,(H,12,13). The second-order valence-corrected chi connectivity index (χ2v) is 3.61. The van der Waals surface area contributed by atoms with Crippen LogP contribution >= 0.6 is 0 Å². The minimum atomic E-state index is -0.720. The second-order valence-electron chi connectivity index (χ2n) is 3.61. The molecule has 84 valence electrons. The van der Waals surface area contributed by atoms with E-state index in [4.69, 9.17) is 9.84 Å². The molecule has 0 spiro atoms. The SMILES string of the molecule is COCCCN(C)C(C)CCC(=O)O. The van der Waals surface area contributed by atoms with Crippen molar-refractivity contribution in [2.75, 3.05) is 27.3 Å². The zero-order valence-corrected chi connectivity index (χ0v) is 9.32. The van der Waals surface area contributed by atoms with Crippen LogP contribution in [0, 0.1) is 0 Å². The Labute approximate surface area is 85.9 Å². The predicted octanol–water partition coefficient (Wildman–Crippen LogP) is 1.21. The summed E-state index contributed by atoms with van der Waals surface area (Å²) in [5.41, 5.74) is 0. The molecule has 0 aromatic rings. The average molecular weight is 203 g/mol. The fourth-order valence-electron chi connectivity index (χ4n) is 1.23. The van der Waals surface area contributed by atoms with Crippen molar-refractivity contribution in [1.29, 1.82) is 0 Å². The predicted molar refractivity (Wildman–Crippen MR) is 55.5 cm³/mol. The van der Waals surface area contributed by atoms with Gasteiger partial charge in [0.05, 0.1) is 0 Å². The molecule has 1 N–H and O–H groups in total. The summed E-state index contributed by atoms with van der Waals surface area (Å²) in [5.74, 6) is -0.720. The second kappa shape index (κ2) is 7.76. The van der Waals surface area contributed by atoms with E-state index in [0.717, 1.165) is 19.6 Å². The Morgan fingerprint density at radius 1 is 1.57 bits per heavy atom. The van der Waals surface area contributed by atoms with Crippen molar-refractivity contribution < 1.29 is 14.6 Å². The van der Waals surface area contributed by atoms with Crippen molar-refractivity contribution >= 4 is 5.97 Å².